The lowest BCUT2D eigenvalue weighted by Crippen LogP contribution is -2.51. The van der Waals surface area contributed by atoms with E-state index in [1.54, 1.807) is 6.07 Å². The maximum absolute atomic E-state index is 15.0. The van der Waals surface area contributed by atoms with Crippen LogP contribution in [0.4, 0.5) is 4.39 Å². The second-order valence-corrected chi connectivity index (χ2v) is 7.98. The van der Waals surface area contributed by atoms with Crippen LogP contribution in [-0.4, -0.2) is 24.0 Å². The fraction of sp³-hybridized carbons (Fsp3) is 0.381. The van der Waals surface area contributed by atoms with E-state index in [1.165, 1.54) is 12.1 Å². The van der Waals surface area contributed by atoms with Gasteiger partial charge in [-0.05, 0) is 37.6 Å². The second-order valence-electron chi connectivity index (χ2n) is 7.57. The lowest BCUT2D eigenvalue weighted by Gasteiger charge is -2.48. The molecular weight excluding hydrogens is 377 g/mol. The molecule has 0 saturated carbocycles. The third kappa shape index (κ3) is 2.18. The summed E-state index contributed by atoms with van der Waals surface area (Å²) in [5, 5.41) is 30.1. The Morgan fingerprint density at radius 3 is 2.57 bits per heavy atom. The monoisotopic (exact) mass is 393 g/mol. The first-order valence-electron chi connectivity index (χ1n) is 9.02. The summed E-state index contributed by atoms with van der Waals surface area (Å²) in [5.74, 6) is -1.92. The zero-order valence-corrected chi connectivity index (χ0v) is 15.9. The van der Waals surface area contributed by atoms with Crippen LogP contribution in [0, 0.1) is 51.1 Å². The number of nitrogens with zero attached hydrogens (tertiary/aromatic N) is 4. The van der Waals surface area contributed by atoms with E-state index in [2.05, 4.69) is 11.0 Å². The van der Waals surface area contributed by atoms with Gasteiger partial charge in [-0.2, -0.15) is 15.8 Å². The van der Waals surface area contributed by atoms with Crippen LogP contribution in [0.2, 0.25) is 5.02 Å². The molecule has 7 heteroatoms. The lowest BCUT2D eigenvalue weighted by molar-refractivity contribution is 0.159. The van der Waals surface area contributed by atoms with Crippen molar-refractivity contribution in [1.82, 2.24) is 4.90 Å². The van der Waals surface area contributed by atoms with Crippen LogP contribution in [0.25, 0.3) is 0 Å². The van der Waals surface area contributed by atoms with Crippen molar-refractivity contribution in [2.45, 2.75) is 30.8 Å². The highest BCUT2D eigenvalue weighted by Gasteiger charge is 2.59. The fourth-order valence-electron chi connectivity index (χ4n) is 5.21. The second kappa shape index (κ2) is 6.35. The van der Waals surface area contributed by atoms with Crippen LogP contribution >= 0.6 is 11.6 Å². The number of fused-ring (bicyclic) bond motifs is 4. The Hall–Kier alpha value is -2.85. The topological polar surface area (TPSA) is 101 Å². The van der Waals surface area contributed by atoms with Gasteiger partial charge in [-0.1, -0.05) is 23.7 Å². The van der Waals surface area contributed by atoms with Crippen molar-refractivity contribution in [1.29, 1.82) is 15.8 Å². The number of likely N-dealkylation sites (N-methyl/N-ethyl adjacent to an activating group) is 1. The van der Waals surface area contributed by atoms with Crippen molar-refractivity contribution < 1.29 is 4.39 Å². The van der Waals surface area contributed by atoms with Gasteiger partial charge in [0.1, 0.15) is 11.9 Å². The number of allylic oxidation sites excluding steroid dienone is 2. The molecule has 2 N–H and O–H groups in total. The fourth-order valence-corrected chi connectivity index (χ4v) is 5.49. The largest absolute Gasteiger partial charge is 0.399 e. The summed E-state index contributed by atoms with van der Waals surface area (Å²) in [6, 6.07) is 10.6. The number of benzene rings is 1. The van der Waals surface area contributed by atoms with Crippen molar-refractivity contribution in [3.05, 3.63) is 57.5 Å². The summed E-state index contributed by atoms with van der Waals surface area (Å²) in [7, 11) is 1.98. The minimum absolute atomic E-state index is 0.0387. The number of hydrogen-bond acceptors (Lipinski definition) is 5. The molecule has 0 aromatic heterocycles. The molecule has 1 saturated heterocycles. The molecule has 28 heavy (non-hydrogen) atoms. The number of nitriles is 3. The summed E-state index contributed by atoms with van der Waals surface area (Å²) in [5.41, 5.74) is 5.25. The predicted molar refractivity (Wildman–Crippen MR) is 101 cm³/mol. The Kier molecular flexibility index (Phi) is 4.20. The van der Waals surface area contributed by atoms with Gasteiger partial charge in [0.25, 0.3) is 0 Å². The van der Waals surface area contributed by atoms with Gasteiger partial charge in [-0.25, -0.2) is 4.39 Å². The van der Waals surface area contributed by atoms with Crippen LogP contribution < -0.4 is 5.73 Å². The maximum atomic E-state index is 15.0. The molecule has 3 aliphatic rings. The summed E-state index contributed by atoms with van der Waals surface area (Å²) >= 11 is 6.38. The van der Waals surface area contributed by atoms with E-state index < -0.39 is 23.1 Å². The molecule has 2 aliphatic heterocycles. The molecule has 1 aromatic rings. The molecule has 0 radical (unpaired) electrons. The Balaban J connectivity index is 2.11. The Bertz CT molecular complexity index is 1020. The van der Waals surface area contributed by atoms with Gasteiger partial charge < -0.3 is 5.73 Å². The predicted octanol–water partition coefficient (Wildman–Crippen LogP) is 3.37. The van der Waals surface area contributed by atoms with Gasteiger partial charge in [-0.3, -0.25) is 4.90 Å². The molecule has 0 spiro atoms. The quantitative estimate of drug-likeness (QED) is 0.788. The van der Waals surface area contributed by atoms with E-state index in [4.69, 9.17) is 17.3 Å². The first kappa shape index (κ1) is 18.5. The Labute approximate surface area is 167 Å². The Morgan fingerprint density at radius 1 is 1.25 bits per heavy atom. The minimum Gasteiger partial charge on any atom is -0.399 e. The SMILES string of the molecule is CN1C2C=C3C(C#N)=C(N)C(C#N)(C#N)[C@@H](c4c(F)cccc4Cl)[C@H]3[C@H]1CC2. The first-order chi connectivity index (χ1) is 13.4. The molecule has 1 aliphatic carbocycles. The highest BCUT2D eigenvalue weighted by molar-refractivity contribution is 6.31. The van der Waals surface area contributed by atoms with Crippen LogP contribution in [0.15, 0.2) is 41.1 Å². The smallest absolute Gasteiger partial charge is 0.191 e. The van der Waals surface area contributed by atoms with Gasteiger partial charge in [0.15, 0.2) is 5.41 Å². The minimum atomic E-state index is -1.88. The van der Waals surface area contributed by atoms with Gasteiger partial charge in [0.2, 0.25) is 0 Å². The van der Waals surface area contributed by atoms with Gasteiger partial charge in [0, 0.05) is 34.5 Å². The van der Waals surface area contributed by atoms with E-state index >= 15 is 0 Å². The average molecular weight is 394 g/mol. The summed E-state index contributed by atoms with van der Waals surface area (Å²) in [6.45, 7) is 0. The highest BCUT2D eigenvalue weighted by atomic mass is 35.5. The van der Waals surface area contributed by atoms with Gasteiger partial charge >= 0.3 is 0 Å². The first-order valence-corrected chi connectivity index (χ1v) is 9.39. The number of rotatable bonds is 1. The third-order valence-corrected chi connectivity index (χ3v) is 6.86. The average Bonchev–Trinajstić information content (AvgIpc) is 2.91. The normalized spacial score (nSPS) is 30.6. The molecule has 140 valence electrons. The van der Waals surface area contributed by atoms with E-state index in [-0.39, 0.29) is 33.9 Å². The van der Waals surface area contributed by atoms with Crippen LogP contribution in [0.3, 0.4) is 0 Å². The molecule has 0 amide bonds. The Morgan fingerprint density at radius 2 is 1.96 bits per heavy atom. The van der Waals surface area contributed by atoms with Crippen molar-refractivity contribution in [3.8, 4) is 18.2 Å². The number of nitrogens with two attached hydrogens (primary N) is 1. The van der Waals surface area contributed by atoms with E-state index in [0.717, 1.165) is 12.8 Å². The van der Waals surface area contributed by atoms with Crippen LogP contribution in [-0.2, 0) is 0 Å². The standard InChI is InChI=1S/C21H17ClFN5/c1-28-11-5-6-16(28)17-12(7-11)13(8-24)20(27)21(9-25,10-26)19(17)18-14(22)3-2-4-15(18)23/h2-4,7,11,16-17,19H,5-6,27H2,1H3/t11?,16-,17-,19-/m1/s1. The van der Waals surface area contributed by atoms with Crippen LogP contribution in [0.1, 0.15) is 24.3 Å². The van der Waals surface area contributed by atoms with Gasteiger partial charge in [-0.15, -0.1) is 0 Å². The maximum Gasteiger partial charge on any atom is 0.191 e. The van der Waals surface area contributed by atoms with Crippen molar-refractivity contribution in [2.75, 3.05) is 7.05 Å². The molecule has 1 unspecified atom stereocenters. The van der Waals surface area contributed by atoms with Crippen molar-refractivity contribution >= 4 is 11.6 Å². The van der Waals surface area contributed by atoms with Crippen molar-refractivity contribution in [3.63, 3.8) is 0 Å². The highest BCUT2D eigenvalue weighted by Crippen LogP contribution is 2.59. The summed E-state index contributed by atoms with van der Waals surface area (Å²) in [6.07, 6.45) is 3.70. The molecule has 2 bridgehead atoms. The molecule has 4 rings (SSSR count). The van der Waals surface area contributed by atoms with Crippen molar-refractivity contribution in [2.24, 2.45) is 17.1 Å². The zero-order chi connectivity index (χ0) is 20.2. The molecule has 5 nitrogen and oxygen atoms in total. The van der Waals surface area contributed by atoms with Crippen LogP contribution in [0.5, 0.6) is 0 Å². The summed E-state index contributed by atoms with van der Waals surface area (Å²) in [4.78, 5) is 2.17. The zero-order valence-electron chi connectivity index (χ0n) is 15.2. The van der Waals surface area contributed by atoms with E-state index in [9.17, 15) is 20.2 Å². The van der Waals surface area contributed by atoms with E-state index in [0.29, 0.717) is 5.57 Å². The third-order valence-electron chi connectivity index (χ3n) is 6.53. The number of halogens is 2. The molecular formula is C21H17ClFN5. The molecule has 1 aromatic carbocycles. The van der Waals surface area contributed by atoms with E-state index in [1.807, 2.05) is 25.3 Å². The molecule has 4 atom stereocenters. The van der Waals surface area contributed by atoms with Gasteiger partial charge in [0.05, 0.1) is 23.4 Å². The number of hydrogen-bond donors (Lipinski definition) is 1. The lowest BCUT2D eigenvalue weighted by atomic mass is 9.56. The molecule has 2 heterocycles. The molecule has 1 fully saturated rings. The summed E-state index contributed by atoms with van der Waals surface area (Å²) < 4.78 is 15.0.